The average Bonchev–Trinajstić information content (AvgIpc) is 3.10. The molecule has 0 amide bonds. The Morgan fingerprint density at radius 2 is 1.96 bits per heavy atom. The number of hydrogen-bond donors (Lipinski definition) is 1. The Hall–Kier alpha value is -2.21. The monoisotopic (exact) mass is 371 g/mol. The predicted octanol–water partition coefficient (Wildman–Crippen LogP) is 3.57. The highest BCUT2D eigenvalue weighted by Gasteiger charge is 2.24. The van der Waals surface area contributed by atoms with E-state index in [1.165, 1.54) is 12.5 Å². The van der Waals surface area contributed by atoms with Crippen molar-refractivity contribution in [1.29, 1.82) is 0 Å². The quantitative estimate of drug-likeness (QED) is 0.835. The summed E-state index contributed by atoms with van der Waals surface area (Å²) >= 11 is 0. The number of carbonyl (C=O) groups excluding carboxylic acids is 1. The fraction of sp³-hybridized carbons (Fsp3) is 0.524. The summed E-state index contributed by atoms with van der Waals surface area (Å²) in [4.78, 5) is 26.2. The number of pyridine rings is 1. The SMILES string of the molecule is CN1CCC(n2cc(C=O)c(=O)c3cc(F)c(NC4CCCCC4)cc32)C1. The van der Waals surface area contributed by atoms with Crippen LogP contribution in [-0.2, 0) is 0 Å². The standard InChI is InChI=1S/C21H26FN3O2/c1-24-8-7-16(12-24)25-11-14(13-26)21(27)17-9-18(22)19(10-20(17)25)23-15-5-3-2-4-6-15/h9-11,13,15-16,23H,2-8,12H2,1H3. The molecule has 0 radical (unpaired) electrons. The van der Waals surface area contributed by atoms with E-state index in [0.29, 0.717) is 17.5 Å². The molecule has 1 N–H and O–H groups in total. The van der Waals surface area contributed by atoms with E-state index in [4.69, 9.17) is 0 Å². The van der Waals surface area contributed by atoms with E-state index in [0.717, 1.165) is 45.2 Å². The van der Waals surface area contributed by atoms with Gasteiger partial charge in [0, 0.05) is 30.2 Å². The van der Waals surface area contributed by atoms with Gasteiger partial charge in [-0.25, -0.2) is 4.39 Å². The molecule has 2 aliphatic rings. The molecule has 5 nitrogen and oxygen atoms in total. The molecular weight excluding hydrogens is 345 g/mol. The van der Waals surface area contributed by atoms with Crippen molar-refractivity contribution in [3.05, 3.63) is 39.9 Å². The van der Waals surface area contributed by atoms with E-state index in [2.05, 4.69) is 17.3 Å². The first kappa shape index (κ1) is 18.2. The van der Waals surface area contributed by atoms with Crippen molar-refractivity contribution in [3.8, 4) is 0 Å². The van der Waals surface area contributed by atoms with E-state index >= 15 is 0 Å². The summed E-state index contributed by atoms with van der Waals surface area (Å²) in [6.07, 6.45) is 8.80. The van der Waals surface area contributed by atoms with Crippen LogP contribution in [0.25, 0.3) is 10.9 Å². The number of rotatable bonds is 4. The van der Waals surface area contributed by atoms with Crippen LogP contribution < -0.4 is 10.7 Å². The predicted molar refractivity (Wildman–Crippen MR) is 105 cm³/mol. The molecule has 1 unspecified atom stereocenters. The van der Waals surface area contributed by atoms with Gasteiger partial charge in [0.15, 0.2) is 11.7 Å². The van der Waals surface area contributed by atoms with Gasteiger partial charge in [-0.2, -0.15) is 0 Å². The zero-order chi connectivity index (χ0) is 19.0. The molecule has 1 aromatic heterocycles. The number of carbonyl (C=O) groups is 1. The molecule has 1 saturated carbocycles. The molecule has 27 heavy (non-hydrogen) atoms. The molecule has 0 spiro atoms. The third-order valence-electron chi connectivity index (χ3n) is 6.00. The summed E-state index contributed by atoms with van der Waals surface area (Å²) in [7, 11) is 2.06. The number of likely N-dealkylation sites (N-methyl/N-ethyl adjacent to an activating group) is 1. The smallest absolute Gasteiger partial charge is 0.199 e. The second-order valence-electron chi connectivity index (χ2n) is 7.97. The second-order valence-corrected chi connectivity index (χ2v) is 7.97. The van der Waals surface area contributed by atoms with Crippen molar-refractivity contribution in [2.75, 3.05) is 25.5 Å². The van der Waals surface area contributed by atoms with Gasteiger partial charge in [0.25, 0.3) is 0 Å². The normalized spacial score (nSPS) is 21.6. The Morgan fingerprint density at radius 1 is 1.19 bits per heavy atom. The molecule has 1 aliphatic heterocycles. The van der Waals surface area contributed by atoms with E-state index in [9.17, 15) is 14.0 Å². The van der Waals surface area contributed by atoms with Gasteiger partial charge in [-0.15, -0.1) is 0 Å². The van der Waals surface area contributed by atoms with Crippen molar-refractivity contribution in [3.63, 3.8) is 0 Å². The first-order chi connectivity index (χ1) is 13.1. The van der Waals surface area contributed by atoms with Crippen LogP contribution in [0.15, 0.2) is 23.1 Å². The summed E-state index contributed by atoms with van der Waals surface area (Å²) in [5.41, 5.74) is 0.841. The maximum absolute atomic E-state index is 14.8. The van der Waals surface area contributed by atoms with Gasteiger partial charge >= 0.3 is 0 Å². The number of likely N-dealkylation sites (tertiary alicyclic amines) is 1. The molecule has 1 aromatic carbocycles. The lowest BCUT2D eigenvalue weighted by Gasteiger charge is -2.25. The minimum absolute atomic E-state index is 0.0874. The minimum Gasteiger partial charge on any atom is -0.380 e. The summed E-state index contributed by atoms with van der Waals surface area (Å²) in [5.74, 6) is -0.427. The molecule has 1 aliphatic carbocycles. The van der Waals surface area contributed by atoms with Gasteiger partial charge in [0.1, 0.15) is 5.82 Å². The lowest BCUT2D eigenvalue weighted by molar-refractivity contribution is 0.112. The van der Waals surface area contributed by atoms with Crippen LogP contribution in [0, 0.1) is 5.82 Å². The van der Waals surface area contributed by atoms with E-state index < -0.39 is 11.2 Å². The van der Waals surface area contributed by atoms with Gasteiger partial charge in [0.2, 0.25) is 0 Å². The first-order valence-electron chi connectivity index (χ1n) is 9.85. The third kappa shape index (κ3) is 3.50. The van der Waals surface area contributed by atoms with Crippen molar-refractivity contribution in [2.24, 2.45) is 0 Å². The van der Waals surface area contributed by atoms with E-state index in [1.54, 1.807) is 12.3 Å². The van der Waals surface area contributed by atoms with Crippen molar-refractivity contribution in [1.82, 2.24) is 9.47 Å². The molecule has 4 rings (SSSR count). The van der Waals surface area contributed by atoms with E-state index in [-0.39, 0.29) is 23.0 Å². The van der Waals surface area contributed by atoms with Crippen LogP contribution in [-0.4, -0.2) is 41.9 Å². The summed E-state index contributed by atoms with van der Waals surface area (Å²) in [6, 6.07) is 3.50. The van der Waals surface area contributed by atoms with Crippen molar-refractivity contribution < 1.29 is 9.18 Å². The lowest BCUT2D eigenvalue weighted by atomic mass is 9.95. The number of halogens is 1. The van der Waals surface area contributed by atoms with Crippen LogP contribution in [0.5, 0.6) is 0 Å². The van der Waals surface area contributed by atoms with Crippen molar-refractivity contribution in [2.45, 2.75) is 50.6 Å². The summed E-state index contributed by atoms with van der Waals surface area (Å²) < 4.78 is 16.7. The molecule has 1 atom stereocenters. The second kappa shape index (κ2) is 7.43. The van der Waals surface area contributed by atoms with Crippen molar-refractivity contribution >= 4 is 22.9 Å². The van der Waals surface area contributed by atoms with Crippen LogP contribution in [0.4, 0.5) is 10.1 Å². The zero-order valence-corrected chi connectivity index (χ0v) is 15.7. The maximum atomic E-state index is 14.8. The Bertz CT molecular complexity index is 918. The number of fused-ring (bicyclic) bond motifs is 1. The topological polar surface area (TPSA) is 54.3 Å². The van der Waals surface area contributed by atoms with Gasteiger partial charge < -0.3 is 14.8 Å². The fourth-order valence-corrected chi connectivity index (χ4v) is 4.49. The zero-order valence-electron chi connectivity index (χ0n) is 15.7. The van der Waals surface area contributed by atoms with Crippen LogP contribution in [0.3, 0.4) is 0 Å². The molecule has 2 aromatic rings. The first-order valence-corrected chi connectivity index (χ1v) is 9.85. The number of aromatic nitrogens is 1. The molecule has 2 fully saturated rings. The highest BCUT2D eigenvalue weighted by Crippen LogP contribution is 2.29. The van der Waals surface area contributed by atoms with Gasteiger partial charge in [0.05, 0.1) is 16.8 Å². The number of nitrogens with zero attached hydrogens (tertiary/aromatic N) is 2. The highest BCUT2D eigenvalue weighted by molar-refractivity contribution is 5.88. The average molecular weight is 371 g/mol. The maximum Gasteiger partial charge on any atom is 0.199 e. The summed E-state index contributed by atoms with van der Waals surface area (Å²) in [6.45, 7) is 1.81. The Morgan fingerprint density at radius 3 is 2.63 bits per heavy atom. The van der Waals surface area contributed by atoms with Gasteiger partial charge in [-0.3, -0.25) is 9.59 Å². The number of benzene rings is 1. The molecule has 144 valence electrons. The third-order valence-corrected chi connectivity index (χ3v) is 6.00. The largest absolute Gasteiger partial charge is 0.380 e. The molecule has 6 heteroatoms. The number of hydrogen-bond acceptors (Lipinski definition) is 4. The highest BCUT2D eigenvalue weighted by atomic mass is 19.1. The minimum atomic E-state index is -0.427. The molecular formula is C21H26FN3O2. The van der Waals surface area contributed by atoms with Crippen LogP contribution in [0.1, 0.15) is 54.9 Å². The van der Waals surface area contributed by atoms with E-state index in [1.807, 2.05) is 4.57 Å². The fourth-order valence-electron chi connectivity index (χ4n) is 4.49. The summed E-state index contributed by atoms with van der Waals surface area (Å²) in [5, 5.41) is 3.62. The Balaban J connectivity index is 1.82. The lowest BCUT2D eigenvalue weighted by Crippen LogP contribution is -2.24. The molecule has 0 bridgehead atoms. The number of aldehydes is 1. The van der Waals surface area contributed by atoms with Gasteiger partial charge in [-0.05, 0) is 45.0 Å². The van der Waals surface area contributed by atoms with Crippen LogP contribution in [0.2, 0.25) is 0 Å². The molecule has 2 heterocycles. The molecule has 1 saturated heterocycles. The van der Waals surface area contributed by atoms with Crippen LogP contribution >= 0.6 is 0 Å². The van der Waals surface area contributed by atoms with Gasteiger partial charge in [-0.1, -0.05) is 19.3 Å². The number of anilines is 1. The number of nitrogens with one attached hydrogen (secondary N) is 1. The Labute approximate surface area is 158 Å². The Kier molecular flexibility index (Phi) is 5.00.